The molecule has 0 radical (unpaired) electrons. The number of hydrogen-bond acceptors (Lipinski definition) is 3. The van der Waals surface area contributed by atoms with Crippen molar-refractivity contribution in [2.75, 3.05) is 13.7 Å². The molecule has 2 amide bonds. The normalized spacial score (nSPS) is 19.6. The summed E-state index contributed by atoms with van der Waals surface area (Å²) in [5, 5.41) is 1.72. The lowest BCUT2D eigenvalue weighted by Crippen LogP contribution is -2.62. The topological polar surface area (TPSA) is 65.6 Å². The van der Waals surface area contributed by atoms with Gasteiger partial charge < -0.3 is 19.5 Å². The number of aromatic nitrogens is 1. The molecule has 0 unspecified atom stereocenters. The van der Waals surface area contributed by atoms with Crippen molar-refractivity contribution in [2.45, 2.75) is 25.0 Å². The molecule has 0 bridgehead atoms. The lowest BCUT2D eigenvalue weighted by Gasteiger charge is -2.47. The van der Waals surface area contributed by atoms with Gasteiger partial charge in [0.05, 0.1) is 13.2 Å². The third kappa shape index (κ3) is 3.65. The van der Waals surface area contributed by atoms with Crippen molar-refractivity contribution >= 4 is 34.3 Å². The Balaban J connectivity index is 1.43. The number of nitrogens with zero attached hydrogens (tertiary/aromatic N) is 2. The molecule has 3 heterocycles. The van der Waals surface area contributed by atoms with Crippen molar-refractivity contribution in [3.63, 3.8) is 0 Å². The Bertz CT molecular complexity index is 1450. The molecule has 0 spiro atoms. The Labute approximate surface area is 208 Å². The number of hydrogen-bond donors (Lipinski definition) is 1. The van der Waals surface area contributed by atoms with Gasteiger partial charge in [-0.05, 0) is 47.0 Å². The number of piperazine rings is 1. The summed E-state index contributed by atoms with van der Waals surface area (Å²) in [6, 6.07) is 22.3. The van der Waals surface area contributed by atoms with Gasteiger partial charge in [-0.1, -0.05) is 54.1 Å². The first-order valence-electron chi connectivity index (χ1n) is 11.6. The molecule has 3 aromatic carbocycles. The second-order valence-electron chi connectivity index (χ2n) is 9.08. The van der Waals surface area contributed by atoms with Gasteiger partial charge in [-0.25, -0.2) is 0 Å². The third-order valence-corrected chi connectivity index (χ3v) is 7.29. The minimum Gasteiger partial charge on any atom is -0.497 e. The molecular formula is C28H24ClN3O3. The molecular weight excluding hydrogens is 462 g/mol. The second kappa shape index (κ2) is 8.47. The number of nitrogens with one attached hydrogen (secondary N) is 1. The van der Waals surface area contributed by atoms with Crippen molar-refractivity contribution in [1.29, 1.82) is 0 Å². The Kier molecular flexibility index (Phi) is 5.26. The van der Waals surface area contributed by atoms with Gasteiger partial charge in [0.1, 0.15) is 18.3 Å². The van der Waals surface area contributed by atoms with Crippen LogP contribution < -0.4 is 4.74 Å². The fourth-order valence-electron chi connectivity index (χ4n) is 5.44. The van der Waals surface area contributed by atoms with Gasteiger partial charge in [-0.3, -0.25) is 9.59 Å². The van der Waals surface area contributed by atoms with E-state index in [4.69, 9.17) is 16.3 Å². The molecule has 2 atom stereocenters. The number of para-hydroxylation sites is 1. The summed E-state index contributed by atoms with van der Waals surface area (Å²) in [4.78, 5) is 34.5. The maximum atomic E-state index is 13.8. The van der Waals surface area contributed by atoms with E-state index >= 15 is 0 Å². The summed E-state index contributed by atoms with van der Waals surface area (Å²) in [5.74, 6) is 0.618. The Morgan fingerprint density at radius 2 is 1.83 bits per heavy atom. The zero-order valence-electron chi connectivity index (χ0n) is 19.2. The number of rotatable bonds is 4. The molecule has 2 aliphatic heterocycles. The molecule has 6 nitrogen and oxygen atoms in total. The lowest BCUT2D eigenvalue weighted by molar-refractivity contribution is -0.159. The summed E-state index contributed by atoms with van der Waals surface area (Å²) in [5.41, 5.74) is 4.91. The molecule has 2 aliphatic rings. The second-order valence-corrected chi connectivity index (χ2v) is 9.52. The van der Waals surface area contributed by atoms with E-state index < -0.39 is 6.04 Å². The summed E-state index contributed by atoms with van der Waals surface area (Å²) >= 11 is 6.16. The number of benzene rings is 3. The van der Waals surface area contributed by atoms with E-state index in [9.17, 15) is 9.59 Å². The highest BCUT2D eigenvalue weighted by Crippen LogP contribution is 2.42. The third-order valence-electron chi connectivity index (χ3n) is 7.04. The first-order chi connectivity index (χ1) is 17.0. The van der Waals surface area contributed by atoms with Gasteiger partial charge in [0.15, 0.2) is 0 Å². The van der Waals surface area contributed by atoms with Crippen LogP contribution in [0.5, 0.6) is 5.75 Å². The lowest BCUT2D eigenvalue weighted by atomic mass is 9.86. The zero-order valence-corrected chi connectivity index (χ0v) is 20.0. The SMILES string of the molecule is COc1cccc(CN2CC(=O)N3[C@H](c4ccc(Cl)cc4)c4[nH]c5ccccc5c4C[C@H]3C2=O)c1. The first-order valence-corrected chi connectivity index (χ1v) is 12.0. The molecule has 1 saturated heterocycles. The van der Waals surface area contributed by atoms with Crippen LogP contribution in [0.2, 0.25) is 5.02 Å². The molecule has 0 saturated carbocycles. The van der Waals surface area contributed by atoms with E-state index in [-0.39, 0.29) is 24.4 Å². The summed E-state index contributed by atoms with van der Waals surface area (Å²) < 4.78 is 5.33. The van der Waals surface area contributed by atoms with Crippen LogP contribution in [0.15, 0.2) is 72.8 Å². The molecule has 6 rings (SSSR count). The van der Waals surface area contributed by atoms with E-state index in [1.54, 1.807) is 16.9 Å². The number of halogens is 1. The van der Waals surface area contributed by atoms with Crippen LogP contribution in [0.4, 0.5) is 0 Å². The van der Waals surface area contributed by atoms with Gasteiger partial charge in [0, 0.05) is 34.6 Å². The predicted octanol–water partition coefficient (Wildman–Crippen LogP) is 4.72. The number of H-pyrrole nitrogens is 1. The summed E-state index contributed by atoms with van der Waals surface area (Å²) in [6.07, 6.45) is 0.475. The van der Waals surface area contributed by atoms with E-state index in [1.165, 1.54) is 0 Å². The van der Waals surface area contributed by atoms with Crippen LogP contribution in [0.1, 0.15) is 28.4 Å². The monoisotopic (exact) mass is 485 g/mol. The van der Waals surface area contributed by atoms with Gasteiger partial charge in [0.2, 0.25) is 11.8 Å². The van der Waals surface area contributed by atoms with Gasteiger partial charge >= 0.3 is 0 Å². The number of fused-ring (bicyclic) bond motifs is 4. The van der Waals surface area contributed by atoms with E-state index in [0.29, 0.717) is 18.0 Å². The minimum atomic E-state index is -0.575. The summed E-state index contributed by atoms with van der Waals surface area (Å²) in [7, 11) is 1.62. The molecule has 1 aromatic heterocycles. The van der Waals surface area contributed by atoms with Crippen molar-refractivity contribution in [1.82, 2.24) is 14.8 Å². The van der Waals surface area contributed by atoms with E-state index in [0.717, 1.165) is 39.0 Å². The average molecular weight is 486 g/mol. The Morgan fingerprint density at radius 1 is 1.03 bits per heavy atom. The van der Waals surface area contributed by atoms with E-state index in [2.05, 4.69) is 11.1 Å². The van der Waals surface area contributed by atoms with Crippen LogP contribution >= 0.6 is 11.6 Å². The van der Waals surface area contributed by atoms with Crippen LogP contribution in [0.3, 0.4) is 0 Å². The van der Waals surface area contributed by atoms with Crippen molar-refractivity contribution in [2.24, 2.45) is 0 Å². The van der Waals surface area contributed by atoms with Crippen molar-refractivity contribution in [3.8, 4) is 5.75 Å². The Hall–Kier alpha value is -3.77. The number of ether oxygens (including phenoxy) is 1. The predicted molar refractivity (Wildman–Crippen MR) is 134 cm³/mol. The number of carbonyl (C=O) groups excluding carboxylic acids is 2. The molecule has 0 aliphatic carbocycles. The average Bonchev–Trinajstić information content (AvgIpc) is 3.25. The number of aromatic amines is 1. The molecule has 4 aromatic rings. The number of amides is 2. The zero-order chi connectivity index (χ0) is 24.1. The van der Waals surface area contributed by atoms with Gasteiger partial charge in [-0.15, -0.1) is 0 Å². The smallest absolute Gasteiger partial charge is 0.246 e. The van der Waals surface area contributed by atoms with Crippen LogP contribution in [0.25, 0.3) is 10.9 Å². The van der Waals surface area contributed by atoms with Crippen molar-refractivity contribution < 1.29 is 14.3 Å². The molecule has 35 heavy (non-hydrogen) atoms. The standard InChI is InChI=1S/C28H24ClN3O3/c1-35-20-6-4-5-17(13-20)15-31-16-25(33)32-24(28(31)34)14-22-21-7-2-3-8-23(21)30-26(22)27(32)18-9-11-19(29)12-10-18/h2-13,24,27,30H,14-16H2,1H3/t24-,27+/m0/s1. The molecule has 1 N–H and O–H groups in total. The highest BCUT2D eigenvalue weighted by molar-refractivity contribution is 6.30. The number of carbonyl (C=O) groups is 2. The highest BCUT2D eigenvalue weighted by atomic mass is 35.5. The molecule has 7 heteroatoms. The quantitative estimate of drug-likeness (QED) is 0.455. The number of methoxy groups -OCH3 is 1. The maximum absolute atomic E-state index is 13.8. The van der Waals surface area contributed by atoms with Gasteiger partial charge in [0.25, 0.3) is 0 Å². The van der Waals surface area contributed by atoms with Crippen LogP contribution in [0, 0.1) is 0 Å². The largest absolute Gasteiger partial charge is 0.497 e. The van der Waals surface area contributed by atoms with Crippen LogP contribution in [-0.2, 0) is 22.6 Å². The Morgan fingerprint density at radius 3 is 2.63 bits per heavy atom. The fraction of sp³-hybridized carbons (Fsp3) is 0.214. The molecule has 1 fully saturated rings. The van der Waals surface area contributed by atoms with Crippen LogP contribution in [-0.4, -0.2) is 46.3 Å². The van der Waals surface area contributed by atoms with E-state index in [1.807, 2.05) is 66.7 Å². The van der Waals surface area contributed by atoms with Crippen molar-refractivity contribution in [3.05, 3.63) is 100 Å². The molecule has 176 valence electrons. The summed E-state index contributed by atoms with van der Waals surface area (Å²) in [6.45, 7) is 0.394. The maximum Gasteiger partial charge on any atom is 0.246 e. The first kappa shape index (κ1) is 21.7. The highest BCUT2D eigenvalue weighted by Gasteiger charge is 2.48. The minimum absolute atomic E-state index is 0.0339. The fourth-order valence-corrected chi connectivity index (χ4v) is 5.57. The van der Waals surface area contributed by atoms with Gasteiger partial charge in [-0.2, -0.15) is 0 Å².